The molecule has 4 nitrogen and oxygen atoms in total. The number of benzene rings is 1. The Morgan fingerprint density at radius 3 is 2.46 bits per heavy atom. The lowest BCUT2D eigenvalue weighted by Gasteiger charge is -2.25. The molecule has 0 saturated heterocycles. The van der Waals surface area contributed by atoms with Crippen LogP contribution in [0.2, 0.25) is 0 Å². The van der Waals surface area contributed by atoms with Crippen molar-refractivity contribution in [3.63, 3.8) is 0 Å². The summed E-state index contributed by atoms with van der Waals surface area (Å²) in [5.74, 6) is 0.863. The molecule has 1 aromatic carbocycles. The van der Waals surface area contributed by atoms with Gasteiger partial charge in [-0.05, 0) is 43.7 Å². The predicted octanol–water partition coefficient (Wildman–Crippen LogP) is 3.73. The summed E-state index contributed by atoms with van der Waals surface area (Å²) in [6.45, 7) is 4.19. The topological polar surface area (TPSA) is 47.9 Å². The van der Waals surface area contributed by atoms with Gasteiger partial charge in [0.1, 0.15) is 0 Å². The van der Waals surface area contributed by atoms with E-state index in [4.69, 9.17) is 0 Å². The van der Waals surface area contributed by atoms with Crippen molar-refractivity contribution in [2.75, 3.05) is 26.4 Å². The average molecular weight is 463 g/mol. The second-order valence-corrected chi connectivity index (χ2v) is 7.19. The number of rotatable bonds is 6. The minimum absolute atomic E-state index is 0. The zero-order valence-electron chi connectivity index (χ0n) is 14.9. The summed E-state index contributed by atoms with van der Waals surface area (Å²) in [6, 6.07) is 8.63. The van der Waals surface area contributed by atoms with Crippen molar-refractivity contribution >= 4 is 41.7 Å². The van der Waals surface area contributed by atoms with Crippen LogP contribution in [0.3, 0.4) is 0 Å². The van der Waals surface area contributed by atoms with Crippen molar-refractivity contribution in [2.24, 2.45) is 4.99 Å². The largest absolute Gasteiger partial charge is 0.388 e. The maximum atomic E-state index is 10.5. The van der Waals surface area contributed by atoms with Gasteiger partial charge in [0.05, 0.1) is 12.1 Å². The van der Waals surface area contributed by atoms with Gasteiger partial charge in [0.2, 0.25) is 0 Å². The van der Waals surface area contributed by atoms with Gasteiger partial charge >= 0.3 is 0 Å². The lowest BCUT2D eigenvalue weighted by Crippen LogP contribution is -2.40. The summed E-state index contributed by atoms with van der Waals surface area (Å²) in [4.78, 5) is 8.07. The van der Waals surface area contributed by atoms with Crippen molar-refractivity contribution in [1.82, 2.24) is 10.2 Å². The average Bonchev–Trinajstić information content (AvgIpc) is 2.99. The fourth-order valence-electron chi connectivity index (χ4n) is 2.96. The Bertz CT molecular complexity index is 516. The number of thioether (sulfide) groups is 1. The number of aliphatic hydroxyl groups is 1. The smallest absolute Gasteiger partial charge is 0.194 e. The predicted molar refractivity (Wildman–Crippen MR) is 115 cm³/mol. The second kappa shape index (κ2) is 10.5. The minimum Gasteiger partial charge on any atom is -0.388 e. The molecule has 0 heterocycles. The van der Waals surface area contributed by atoms with Crippen LogP contribution >= 0.6 is 35.7 Å². The molecule has 2 N–H and O–H groups in total. The Morgan fingerprint density at radius 1 is 1.29 bits per heavy atom. The van der Waals surface area contributed by atoms with Crippen LogP contribution in [0.4, 0.5) is 0 Å². The number of nitrogens with zero attached hydrogens (tertiary/aromatic N) is 2. The highest BCUT2D eigenvalue weighted by molar-refractivity contribution is 14.0. The summed E-state index contributed by atoms with van der Waals surface area (Å²) in [5, 5.41) is 13.8. The number of hydrogen-bond acceptors (Lipinski definition) is 3. The molecule has 0 amide bonds. The van der Waals surface area contributed by atoms with E-state index < -0.39 is 5.60 Å². The van der Waals surface area contributed by atoms with E-state index in [1.165, 1.54) is 10.5 Å². The molecule has 0 bridgehead atoms. The molecule has 0 aromatic heterocycles. The second-order valence-electron chi connectivity index (χ2n) is 6.31. The normalized spacial score (nSPS) is 16.6. The Balaban J connectivity index is 0.00000288. The first-order valence-electron chi connectivity index (χ1n) is 8.41. The molecule has 1 fully saturated rings. The SMILES string of the molecule is CCNC(=NCC1(O)CCCC1)N(C)Cc1ccc(SC)cc1.I. The highest BCUT2D eigenvalue weighted by Gasteiger charge is 2.30. The van der Waals surface area contributed by atoms with Gasteiger partial charge in [-0.2, -0.15) is 0 Å². The number of halogens is 1. The van der Waals surface area contributed by atoms with E-state index in [0.717, 1.165) is 44.7 Å². The third-order valence-corrected chi connectivity index (χ3v) is 5.08. The summed E-state index contributed by atoms with van der Waals surface area (Å²) in [6.07, 6.45) is 6.05. The molecule has 6 heteroatoms. The van der Waals surface area contributed by atoms with E-state index in [9.17, 15) is 5.11 Å². The Labute approximate surface area is 167 Å². The van der Waals surface area contributed by atoms with Crippen molar-refractivity contribution in [1.29, 1.82) is 0 Å². The highest BCUT2D eigenvalue weighted by Crippen LogP contribution is 2.29. The van der Waals surface area contributed by atoms with E-state index in [0.29, 0.717) is 6.54 Å². The number of guanidine groups is 1. The summed E-state index contributed by atoms with van der Waals surface area (Å²) < 4.78 is 0. The zero-order chi connectivity index (χ0) is 16.7. The van der Waals surface area contributed by atoms with Gasteiger partial charge in [0, 0.05) is 25.0 Å². The van der Waals surface area contributed by atoms with Gasteiger partial charge in [0.25, 0.3) is 0 Å². The molecule has 2 rings (SSSR count). The van der Waals surface area contributed by atoms with E-state index in [1.807, 2.05) is 7.05 Å². The van der Waals surface area contributed by atoms with Gasteiger partial charge in [0.15, 0.2) is 5.96 Å². The summed E-state index contributed by atoms with van der Waals surface area (Å²) in [7, 11) is 2.04. The summed E-state index contributed by atoms with van der Waals surface area (Å²) >= 11 is 1.76. The Kier molecular flexibility index (Phi) is 9.44. The van der Waals surface area contributed by atoms with Crippen LogP contribution in [-0.2, 0) is 6.54 Å². The Hall–Kier alpha value is -0.470. The number of nitrogens with one attached hydrogen (secondary N) is 1. The van der Waals surface area contributed by atoms with Crippen LogP contribution < -0.4 is 5.32 Å². The third kappa shape index (κ3) is 6.44. The summed E-state index contributed by atoms with van der Waals surface area (Å²) in [5.41, 5.74) is 0.664. The van der Waals surface area contributed by atoms with Crippen LogP contribution in [0, 0.1) is 0 Å². The van der Waals surface area contributed by atoms with Crippen LogP contribution in [0.5, 0.6) is 0 Å². The fourth-order valence-corrected chi connectivity index (χ4v) is 3.37. The van der Waals surface area contributed by atoms with Crippen LogP contribution in [0.25, 0.3) is 0 Å². The molecule has 24 heavy (non-hydrogen) atoms. The van der Waals surface area contributed by atoms with Gasteiger partial charge in [-0.3, -0.25) is 4.99 Å². The molecule has 0 radical (unpaired) electrons. The van der Waals surface area contributed by atoms with Gasteiger partial charge in [-0.15, -0.1) is 35.7 Å². The van der Waals surface area contributed by atoms with E-state index in [-0.39, 0.29) is 24.0 Å². The first-order valence-corrected chi connectivity index (χ1v) is 9.63. The molecular formula is C18H30IN3OS. The molecule has 0 unspecified atom stereocenters. The number of hydrogen-bond donors (Lipinski definition) is 2. The molecule has 0 spiro atoms. The molecule has 1 saturated carbocycles. The van der Waals surface area contributed by atoms with E-state index in [1.54, 1.807) is 11.8 Å². The molecule has 0 atom stereocenters. The first kappa shape index (κ1) is 21.6. The van der Waals surface area contributed by atoms with Crippen LogP contribution in [-0.4, -0.2) is 48.0 Å². The van der Waals surface area contributed by atoms with Crippen molar-refractivity contribution < 1.29 is 5.11 Å². The lowest BCUT2D eigenvalue weighted by molar-refractivity contribution is 0.0572. The number of aliphatic imine (C=N–C) groups is 1. The molecular weight excluding hydrogens is 433 g/mol. The quantitative estimate of drug-likeness (QED) is 0.292. The van der Waals surface area contributed by atoms with Gasteiger partial charge < -0.3 is 15.3 Å². The molecule has 136 valence electrons. The maximum absolute atomic E-state index is 10.5. The minimum atomic E-state index is -0.596. The molecule has 0 aliphatic heterocycles. The first-order chi connectivity index (χ1) is 11.1. The van der Waals surface area contributed by atoms with Crippen molar-refractivity contribution in [2.45, 2.75) is 49.6 Å². The van der Waals surface area contributed by atoms with Crippen LogP contribution in [0.1, 0.15) is 38.2 Å². The zero-order valence-corrected chi connectivity index (χ0v) is 18.1. The van der Waals surface area contributed by atoms with Gasteiger partial charge in [-0.1, -0.05) is 25.0 Å². The molecule has 1 aliphatic carbocycles. The third-order valence-electron chi connectivity index (χ3n) is 4.33. The Morgan fingerprint density at radius 2 is 1.92 bits per heavy atom. The van der Waals surface area contributed by atoms with Crippen molar-refractivity contribution in [3.8, 4) is 0 Å². The van der Waals surface area contributed by atoms with Gasteiger partial charge in [-0.25, -0.2) is 0 Å². The molecule has 1 aromatic rings. The monoisotopic (exact) mass is 463 g/mol. The van der Waals surface area contributed by atoms with E-state index >= 15 is 0 Å². The lowest BCUT2D eigenvalue weighted by atomic mass is 10.0. The van der Waals surface area contributed by atoms with E-state index in [2.05, 4.69) is 52.7 Å². The fraction of sp³-hybridized carbons (Fsp3) is 0.611. The van der Waals surface area contributed by atoms with Crippen molar-refractivity contribution in [3.05, 3.63) is 29.8 Å². The van der Waals surface area contributed by atoms with Crippen LogP contribution in [0.15, 0.2) is 34.2 Å². The maximum Gasteiger partial charge on any atom is 0.194 e. The standard InChI is InChI=1S/C18H29N3OS.HI/c1-4-19-17(20-14-18(22)11-5-6-12-18)21(2)13-15-7-9-16(23-3)10-8-15;/h7-10,22H,4-6,11-14H2,1-3H3,(H,19,20);1H. The highest BCUT2D eigenvalue weighted by atomic mass is 127. The molecule has 1 aliphatic rings.